The van der Waals surface area contributed by atoms with E-state index in [9.17, 15) is 0 Å². The van der Waals surface area contributed by atoms with Gasteiger partial charge in [-0.1, -0.05) is 38.1 Å². The lowest BCUT2D eigenvalue weighted by Gasteiger charge is -2.20. The Hall–Kier alpha value is -1.28. The van der Waals surface area contributed by atoms with Gasteiger partial charge >= 0.3 is 0 Å². The van der Waals surface area contributed by atoms with Crippen molar-refractivity contribution >= 4 is 28.2 Å². The lowest BCUT2D eigenvalue weighted by atomic mass is 10.0. The van der Waals surface area contributed by atoms with E-state index in [-0.39, 0.29) is 0 Å². The van der Waals surface area contributed by atoms with E-state index in [1.165, 1.54) is 10.8 Å². The zero-order valence-electron chi connectivity index (χ0n) is 11.4. The normalized spacial score (nSPS) is 23.2. The van der Waals surface area contributed by atoms with Crippen LogP contribution in [0.1, 0.15) is 19.4 Å². The van der Waals surface area contributed by atoms with E-state index in [0.29, 0.717) is 5.88 Å². The molecule has 0 saturated carbocycles. The molecule has 1 aliphatic heterocycles. The van der Waals surface area contributed by atoms with Crippen LogP contribution in [0, 0.1) is 11.8 Å². The number of benzene rings is 1. The molecule has 0 radical (unpaired) electrons. The number of rotatable bonds is 2. The molecular weight excluding hydrogens is 256 g/mol. The maximum absolute atomic E-state index is 6.01. The molecule has 1 saturated heterocycles. The van der Waals surface area contributed by atoms with Gasteiger partial charge in [-0.15, -0.1) is 11.6 Å². The van der Waals surface area contributed by atoms with Crippen LogP contribution < -0.4 is 4.90 Å². The van der Waals surface area contributed by atoms with Crippen LogP contribution in [0.15, 0.2) is 30.5 Å². The largest absolute Gasteiger partial charge is 0.356 e. The topological polar surface area (TPSA) is 16.1 Å². The number of anilines is 1. The summed E-state index contributed by atoms with van der Waals surface area (Å²) in [4.78, 5) is 7.08. The molecule has 0 bridgehead atoms. The second-order valence-corrected chi connectivity index (χ2v) is 5.91. The Labute approximate surface area is 119 Å². The smallest absolute Gasteiger partial charge is 0.136 e. The summed E-state index contributed by atoms with van der Waals surface area (Å²) in [7, 11) is 0. The molecule has 2 aromatic rings. The van der Waals surface area contributed by atoms with Gasteiger partial charge in [0.05, 0.1) is 0 Å². The van der Waals surface area contributed by atoms with E-state index in [1.54, 1.807) is 0 Å². The SMILES string of the molecule is CC1CN(c2ncc(CCl)c3ccccc23)CC1C. The number of halogens is 1. The number of hydrogen-bond donors (Lipinski definition) is 0. The molecule has 2 heterocycles. The third-order valence-electron chi connectivity index (χ3n) is 4.29. The average molecular weight is 275 g/mol. The molecular formula is C16H19ClN2. The van der Waals surface area contributed by atoms with Gasteiger partial charge in [0.2, 0.25) is 0 Å². The maximum Gasteiger partial charge on any atom is 0.136 e. The molecule has 3 rings (SSSR count). The van der Waals surface area contributed by atoms with Gasteiger partial charge < -0.3 is 4.90 Å². The molecule has 3 heteroatoms. The third kappa shape index (κ3) is 2.18. The third-order valence-corrected chi connectivity index (χ3v) is 4.58. The minimum Gasteiger partial charge on any atom is -0.356 e. The van der Waals surface area contributed by atoms with E-state index in [0.717, 1.165) is 36.3 Å². The Balaban J connectivity index is 2.10. The fourth-order valence-electron chi connectivity index (χ4n) is 2.90. The molecule has 100 valence electrons. The first kappa shape index (κ1) is 12.7. The molecule has 0 N–H and O–H groups in total. The number of aromatic nitrogens is 1. The first-order valence-electron chi connectivity index (χ1n) is 6.88. The van der Waals surface area contributed by atoms with Crippen molar-refractivity contribution in [2.75, 3.05) is 18.0 Å². The van der Waals surface area contributed by atoms with Crippen LogP contribution in [-0.2, 0) is 5.88 Å². The van der Waals surface area contributed by atoms with Crippen LogP contribution in [0.4, 0.5) is 5.82 Å². The van der Waals surface area contributed by atoms with E-state index >= 15 is 0 Å². The fourth-order valence-corrected chi connectivity index (χ4v) is 3.11. The summed E-state index contributed by atoms with van der Waals surface area (Å²) in [5, 5.41) is 2.46. The molecule has 1 aromatic heterocycles. The van der Waals surface area contributed by atoms with Gasteiger partial charge in [-0.3, -0.25) is 0 Å². The highest BCUT2D eigenvalue weighted by Gasteiger charge is 2.27. The number of pyridine rings is 1. The van der Waals surface area contributed by atoms with Crippen LogP contribution in [0.5, 0.6) is 0 Å². The molecule has 1 fully saturated rings. The second kappa shape index (κ2) is 5.01. The number of alkyl halides is 1. The van der Waals surface area contributed by atoms with Gasteiger partial charge in [0, 0.05) is 30.6 Å². The predicted molar refractivity (Wildman–Crippen MR) is 81.8 cm³/mol. The lowest BCUT2D eigenvalue weighted by Crippen LogP contribution is -2.21. The molecule has 0 amide bonds. The molecule has 2 atom stereocenters. The maximum atomic E-state index is 6.01. The highest BCUT2D eigenvalue weighted by molar-refractivity contribution is 6.18. The van der Waals surface area contributed by atoms with Gasteiger partial charge in [-0.25, -0.2) is 4.98 Å². The number of fused-ring (bicyclic) bond motifs is 1. The molecule has 1 aliphatic rings. The Morgan fingerprint density at radius 3 is 2.42 bits per heavy atom. The molecule has 2 nitrogen and oxygen atoms in total. The summed E-state index contributed by atoms with van der Waals surface area (Å²) in [5.41, 5.74) is 1.11. The van der Waals surface area contributed by atoms with Crippen molar-refractivity contribution < 1.29 is 0 Å². The highest BCUT2D eigenvalue weighted by Crippen LogP contribution is 2.32. The number of hydrogen-bond acceptors (Lipinski definition) is 2. The van der Waals surface area contributed by atoms with Crippen molar-refractivity contribution in [3.8, 4) is 0 Å². The monoisotopic (exact) mass is 274 g/mol. The lowest BCUT2D eigenvalue weighted by molar-refractivity contribution is 0.494. The van der Waals surface area contributed by atoms with Crippen LogP contribution >= 0.6 is 11.6 Å². The standard InChI is InChI=1S/C16H19ClN2/c1-11-9-19(10-12(11)2)16-15-6-4-3-5-14(15)13(7-17)8-18-16/h3-6,8,11-12H,7,9-10H2,1-2H3. The molecule has 19 heavy (non-hydrogen) atoms. The first-order chi connectivity index (χ1) is 9.20. The van der Waals surface area contributed by atoms with Crippen LogP contribution in [0.25, 0.3) is 10.8 Å². The Morgan fingerprint density at radius 1 is 1.16 bits per heavy atom. The van der Waals surface area contributed by atoms with Gasteiger partial charge in [-0.05, 0) is 22.8 Å². The number of nitrogens with zero attached hydrogens (tertiary/aromatic N) is 2. The fraction of sp³-hybridized carbons (Fsp3) is 0.438. The quantitative estimate of drug-likeness (QED) is 0.768. The van der Waals surface area contributed by atoms with E-state index in [2.05, 4.69) is 48.0 Å². The van der Waals surface area contributed by atoms with Crippen molar-refractivity contribution in [3.63, 3.8) is 0 Å². The van der Waals surface area contributed by atoms with Crippen molar-refractivity contribution in [2.45, 2.75) is 19.7 Å². The van der Waals surface area contributed by atoms with Crippen molar-refractivity contribution in [1.29, 1.82) is 0 Å². The van der Waals surface area contributed by atoms with Gasteiger partial charge in [0.15, 0.2) is 0 Å². The summed E-state index contributed by atoms with van der Waals surface area (Å²) >= 11 is 6.01. The summed E-state index contributed by atoms with van der Waals surface area (Å²) in [6.45, 7) is 6.83. The first-order valence-corrected chi connectivity index (χ1v) is 7.41. The zero-order valence-corrected chi connectivity index (χ0v) is 12.2. The highest BCUT2D eigenvalue weighted by atomic mass is 35.5. The molecule has 0 aliphatic carbocycles. The van der Waals surface area contributed by atoms with E-state index < -0.39 is 0 Å². The molecule has 1 aromatic carbocycles. The minimum atomic E-state index is 0.514. The average Bonchev–Trinajstić information content (AvgIpc) is 2.77. The van der Waals surface area contributed by atoms with Gasteiger partial charge in [0.1, 0.15) is 5.82 Å². The summed E-state index contributed by atoms with van der Waals surface area (Å²) in [6, 6.07) is 8.44. The van der Waals surface area contributed by atoms with Crippen LogP contribution in [0.3, 0.4) is 0 Å². The van der Waals surface area contributed by atoms with Crippen LogP contribution in [0.2, 0.25) is 0 Å². The Morgan fingerprint density at radius 2 is 1.79 bits per heavy atom. The Kier molecular flexibility index (Phi) is 3.36. The molecule has 2 unspecified atom stereocenters. The second-order valence-electron chi connectivity index (χ2n) is 5.65. The van der Waals surface area contributed by atoms with Gasteiger partial charge in [0.25, 0.3) is 0 Å². The van der Waals surface area contributed by atoms with Gasteiger partial charge in [-0.2, -0.15) is 0 Å². The minimum absolute atomic E-state index is 0.514. The summed E-state index contributed by atoms with van der Waals surface area (Å²) in [6.07, 6.45) is 1.93. The Bertz CT molecular complexity index is 586. The molecule has 0 spiro atoms. The van der Waals surface area contributed by atoms with Crippen molar-refractivity contribution in [3.05, 3.63) is 36.0 Å². The van der Waals surface area contributed by atoms with Crippen LogP contribution in [-0.4, -0.2) is 18.1 Å². The van der Waals surface area contributed by atoms with E-state index in [4.69, 9.17) is 11.6 Å². The predicted octanol–water partition coefficient (Wildman–Crippen LogP) is 4.07. The zero-order chi connectivity index (χ0) is 13.4. The summed E-state index contributed by atoms with van der Waals surface area (Å²) < 4.78 is 0. The van der Waals surface area contributed by atoms with Crippen molar-refractivity contribution in [2.24, 2.45) is 11.8 Å². The van der Waals surface area contributed by atoms with Crippen molar-refractivity contribution in [1.82, 2.24) is 4.98 Å². The summed E-state index contributed by atoms with van der Waals surface area (Å²) in [5.74, 6) is 3.09. The van der Waals surface area contributed by atoms with E-state index in [1.807, 2.05) is 6.20 Å².